The Balaban J connectivity index is 1.56. The molecule has 2 aromatic carbocycles. The molecule has 4 rings (SSSR count). The standard InChI is InChI=1S/C22H20F3N3O3S2/c23-22(24,25)16-2-1-3-18(11-16)26-21(29)27-20-10-14(13-33(30,31)28-17-5-6-17)4-7-19(20)15-8-9-32-12-15/h1-4,7-12,17,28H,5-6,13H2,(H2,26,27,29). The molecule has 6 nitrogen and oxygen atoms in total. The Hall–Kier alpha value is -2.89. The highest BCUT2D eigenvalue weighted by atomic mass is 32.2. The fourth-order valence-electron chi connectivity index (χ4n) is 3.23. The van der Waals surface area contributed by atoms with Gasteiger partial charge < -0.3 is 10.6 Å². The van der Waals surface area contributed by atoms with Gasteiger partial charge in [0, 0.05) is 17.3 Å². The molecular formula is C22H20F3N3O3S2. The molecule has 0 atom stereocenters. The zero-order chi connectivity index (χ0) is 23.6. The van der Waals surface area contributed by atoms with Crippen LogP contribution in [-0.2, 0) is 22.0 Å². The number of benzene rings is 2. The highest BCUT2D eigenvalue weighted by molar-refractivity contribution is 7.88. The molecule has 1 heterocycles. The summed E-state index contributed by atoms with van der Waals surface area (Å²) in [5, 5.41) is 8.77. The average Bonchev–Trinajstić information content (AvgIpc) is 3.35. The summed E-state index contributed by atoms with van der Waals surface area (Å²) in [6.07, 6.45) is -2.90. The maximum atomic E-state index is 12.9. The van der Waals surface area contributed by atoms with Crippen LogP contribution < -0.4 is 15.4 Å². The van der Waals surface area contributed by atoms with Gasteiger partial charge >= 0.3 is 12.2 Å². The van der Waals surface area contributed by atoms with Crippen molar-refractivity contribution >= 4 is 38.8 Å². The molecule has 0 unspecified atom stereocenters. The van der Waals surface area contributed by atoms with Crippen LogP contribution in [0.3, 0.4) is 0 Å². The second-order valence-corrected chi connectivity index (χ2v) is 10.2. The Kier molecular flexibility index (Phi) is 6.46. The van der Waals surface area contributed by atoms with Crippen molar-refractivity contribution in [1.82, 2.24) is 4.72 Å². The van der Waals surface area contributed by atoms with Gasteiger partial charge in [0.1, 0.15) is 0 Å². The van der Waals surface area contributed by atoms with Gasteiger partial charge in [-0.05, 0) is 65.1 Å². The van der Waals surface area contributed by atoms with Crippen LogP contribution in [0.25, 0.3) is 11.1 Å². The fraction of sp³-hybridized carbons (Fsp3) is 0.227. The molecule has 2 amide bonds. The van der Waals surface area contributed by atoms with E-state index < -0.39 is 27.8 Å². The van der Waals surface area contributed by atoms with Crippen LogP contribution in [0.5, 0.6) is 0 Å². The summed E-state index contributed by atoms with van der Waals surface area (Å²) < 4.78 is 66.1. The quantitative estimate of drug-likeness (QED) is 0.395. The summed E-state index contributed by atoms with van der Waals surface area (Å²) in [5.41, 5.74) is 1.39. The monoisotopic (exact) mass is 495 g/mol. The van der Waals surface area contributed by atoms with Crippen molar-refractivity contribution in [2.24, 2.45) is 0 Å². The van der Waals surface area contributed by atoms with Gasteiger partial charge in [-0.15, -0.1) is 0 Å². The van der Waals surface area contributed by atoms with E-state index in [0.29, 0.717) is 16.8 Å². The zero-order valence-corrected chi connectivity index (χ0v) is 18.8. The molecule has 3 aromatic rings. The Morgan fingerprint density at radius 1 is 1.06 bits per heavy atom. The molecule has 1 aliphatic carbocycles. The smallest absolute Gasteiger partial charge is 0.308 e. The van der Waals surface area contributed by atoms with Crippen molar-refractivity contribution in [2.75, 3.05) is 10.6 Å². The maximum Gasteiger partial charge on any atom is 0.416 e. The second-order valence-electron chi connectivity index (χ2n) is 7.70. The molecule has 0 radical (unpaired) electrons. The van der Waals surface area contributed by atoms with Crippen molar-refractivity contribution in [3.63, 3.8) is 0 Å². The minimum absolute atomic E-state index is 0.0177. The summed E-state index contributed by atoms with van der Waals surface area (Å²) in [6.45, 7) is 0. The third kappa shape index (κ3) is 6.34. The second kappa shape index (κ2) is 9.16. The van der Waals surface area contributed by atoms with Crippen molar-refractivity contribution in [2.45, 2.75) is 30.8 Å². The number of hydrogen-bond donors (Lipinski definition) is 3. The molecule has 174 valence electrons. The molecule has 0 spiro atoms. The van der Waals surface area contributed by atoms with Gasteiger partial charge in [-0.1, -0.05) is 18.2 Å². The Labute approximate surface area is 192 Å². The summed E-state index contributed by atoms with van der Waals surface area (Å²) in [7, 11) is -3.53. The van der Waals surface area contributed by atoms with E-state index >= 15 is 0 Å². The van der Waals surface area contributed by atoms with Crippen molar-refractivity contribution < 1.29 is 26.4 Å². The van der Waals surface area contributed by atoms with E-state index in [1.54, 1.807) is 18.2 Å². The van der Waals surface area contributed by atoms with Gasteiger partial charge in [0.2, 0.25) is 10.0 Å². The van der Waals surface area contributed by atoms with Crippen LogP contribution in [0, 0.1) is 0 Å². The van der Waals surface area contributed by atoms with E-state index in [1.165, 1.54) is 23.5 Å². The lowest BCUT2D eigenvalue weighted by Gasteiger charge is -2.14. The Bertz CT molecular complexity index is 1260. The molecule has 1 aliphatic rings. The molecule has 1 fully saturated rings. The third-order valence-corrected chi connectivity index (χ3v) is 6.98. The van der Waals surface area contributed by atoms with Gasteiger partial charge in [0.25, 0.3) is 0 Å². The minimum Gasteiger partial charge on any atom is -0.308 e. The molecule has 33 heavy (non-hydrogen) atoms. The topological polar surface area (TPSA) is 87.3 Å². The predicted octanol–water partition coefficient (Wildman–Crippen LogP) is 5.66. The van der Waals surface area contributed by atoms with Gasteiger partial charge in [-0.25, -0.2) is 17.9 Å². The van der Waals surface area contributed by atoms with E-state index in [-0.39, 0.29) is 17.5 Å². The number of halogens is 3. The van der Waals surface area contributed by atoms with Gasteiger partial charge in [-0.3, -0.25) is 0 Å². The van der Waals surface area contributed by atoms with Gasteiger partial charge in [-0.2, -0.15) is 24.5 Å². The predicted molar refractivity (Wildman–Crippen MR) is 123 cm³/mol. The maximum absolute atomic E-state index is 12.9. The third-order valence-electron chi connectivity index (χ3n) is 4.89. The highest BCUT2D eigenvalue weighted by Gasteiger charge is 2.30. The number of carbonyl (C=O) groups is 1. The zero-order valence-electron chi connectivity index (χ0n) is 17.1. The van der Waals surface area contributed by atoms with Crippen molar-refractivity contribution in [3.8, 4) is 11.1 Å². The summed E-state index contributed by atoms with van der Waals surface area (Å²) in [5.74, 6) is -0.253. The molecule has 1 saturated carbocycles. The minimum atomic E-state index is -4.53. The lowest BCUT2D eigenvalue weighted by Crippen LogP contribution is -2.27. The molecule has 3 N–H and O–H groups in total. The van der Waals surface area contributed by atoms with Gasteiger partial charge in [0.15, 0.2) is 0 Å². The first-order chi connectivity index (χ1) is 15.6. The summed E-state index contributed by atoms with van der Waals surface area (Å²) in [6, 6.07) is 10.3. The van der Waals surface area contributed by atoms with E-state index in [9.17, 15) is 26.4 Å². The van der Waals surface area contributed by atoms with Crippen LogP contribution in [0.15, 0.2) is 59.3 Å². The van der Waals surface area contributed by atoms with E-state index in [4.69, 9.17) is 0 Å². The number of urea groups is 1. The van der Waals surface area contributed by atoms with Crippen LogP contribution in [0.1, 0.15) is 24.0 Å². The van der Waals surface area contributed by atoms with E-state index in [1.807, 2.05) is 16.8 Å². The molecular weight excluding hydrogens is 475 g/mol. The number of alkyl halides is 3. The number of nitrogens with one attached hydrogen (secondary N) is 3. The van der Waals surface area contributed by atoms with Crippen molar-refractivity contribution in [1.29, 1.82) is 0 Å². The van der Waals surface area contributed by atoms with Crippen LogP contribution in [0.2, 0.25) is 0 Å². The molecule has 11 heteroatoms. The molecule has 1 aromatic heterocycles. The number of amides is 2. The number of carbonyl (C=O) groups excluding carboxylic acids is 1. The summed E-state index contributed by atoms with van der Waals surface area (Å²) >= 11 is 1.46. The molecule has 0 aliphatic heterocycles. The highest BCUT2D eigenvalue weighted by Crippen LogP contribution is 2.33. The number of hydrogen-bond acceptors (Lipinski definition) is 4. The number of thiophene rings is 1. The lowest BCUT2D eigenvalue weighted by atomic mass is 10.0. The first-order valence-electron chi connectivity index (χ1n) is 10.00. The SMILES string of the molecule is O=C(Nc1cccc(C(F)(F)F)c1)Nc1cc(CS(=O)(=O)NC2CC2)ccc1-c1ccsc1. The van der Waals surface area contributed by atoms with Crippen LogP contribution >= 0.6 is 11.3 Å². The Morgan fingerprint density at radius 2 is 1.85 bits per heavy atom. The van der Waals surface area contributed by atoms with Crippen LogP contribution in [0.4, 0.5) is 29.3 Å². The number of anilines is 2. The fourth-order valence-corrected chi connectivity index (χ4v) is 5.33. The molecule has 0 saturated heterocycles. The summed E-state index contributed by atoms with van der Waals surface area (Å²) in [4.78, 5) is 12.6. The van der Waals surface area contributed by atoms with Gasteiger partial charge in [0.05, 0.1) is 17.0 Å². The normalized spacial score (nSPS) is 14.2. The number of sulfonamides is 1. The number of rotatable bonds is 7. The first-order valence-corrected chi connectivity index (χ1v) is 12.6. The van der Waals surface area contributed by atoms with E-state index in [0.717, 1.165) is 30.5 Å². The first kappa shape index (κ1) is 23.3. The largest absolute Gasteiger partial charge is 0.416 e. The van der Waals surface area contributed by atoms with E-state index in [2.05, 4.69) is 15.4 Å². The Morgan fingerprint density at radius 3 is 2.52 bits per heavy atom. The average molecular weight is 496 g/mol. The van der Waals surface area contributed by atoms with Crippen molar-refractivity contribution in [3.05, 3.63) is 70.4 Å². The van der Waals surface area contributed by atoms with Crippen LogP contribution in [-0.4, -0.2) is 20.5 Å². The lowest BCUT2D eigenvalue weighted by molar-refractivity contribution is -0.137. The molecule has 0 bridgehead atoms.